The number of benzene rings is 1. The van der Waals surface area contributed by atoms with E-state index in [1.165, 1.54) is 16.4 Å². The molecule has 0 aromatic heterocycles. The molecule has 0 radical (unpaired) electrons. The summed E-state index contributed by atoms with van der Waals surface area (Å²) in [6.45, 7) is 5.71. The minimum Gasteiger partial charge on any atom is -0.212 e. The highest BCUT2D eigenvalue weighted by molar-refractivity contribution is 7.89. The Kier molecular flexibility index (Phi) is 6.54. The Hall–Kier alpha value is -0.960. The Labute approximate surface area is 133 Å². The Balaban J connectivity index is 2.74. The quantitative estimate of drug-likeness (QED) is 0.768. The van der Waals surface area contributed by atoms with Gasteiger partial charge in [0.2, 0.25) is 20.0 Å². The van der Waals surface area contributed by atoms with Gasteiger partial charge in [-0.05, 0) is 32.4 Å². The lowest BCUT2D eigenvalue weighted by Gasteiger charge is -2.25. The lowest BCUT2D eigenvalue weighted by atomic mass is 10.2. The summed E-state index contributed by atoms with van der Waals surface area (Å²) >= 11 is 0. The lowest BCUT2D eigenvalue weighted by Crippen LogP contribution is -2.42. The van der Waals surface area contributed by atoms with Crippen LogP contribution in [0, 0.1) is 6.92 Å². The fourth-order valence-corrected chi connectivity index (χ4v) is 4.25. The van der Waals surface area contributed by atoms with Crippen molar-refractivity contribution in [2.45, 2.75) is 38.1 Å². The molecule has 1 N–H and O–H groups in total. The summed E-state index contributed by atoms with van der Waals surface area (Å²) in [5, 5.41) is 0. The van der Waals surface area contributed by atoms with Crippen LogP contribution in [0.1, 0.15) is 25.8 Å². The first-order valence-electron chi connectivity index (χ1n) is 7.11. The van der Waals surface area contributed by atoms with E-state index >= 15 is 0 Å². The largest absolute Gasteiger partial charge is 0.240 e. The lowest BCUT2D eigenvalue weighted by molar-refractivity contribution is 0.335. The molecule has 1 atom stereocenters. The van der Waals surface area contributed by atoms with Gasteiger partial charge in [0.25, 0.3) is 0 Å². The van der Waals surface area contributed by atoms with Gasteiger partial charge in [-0.1, -0.05) is 24.6 Å². The van der Waals surface area contributed by atoms with Crippen LogP contribution in [0.2, 0.25) is 0 Å². The van der Waals surface area contributed by atoms with E-state index in [9.17, 15) is 16.8 Å². The van der Waals surface area contributed by atoms with Crippen molar-refractivity contribution in [2.75, 3.05) is 19.3 Å². The van der Waals surface area contributed by atoms with E-state index in [0.29, 0.717) is 6.42 Å². The van der Waals surface area contributed by atoms with E-state index in [1.54, 1.807) is 19.1 Å². The summed E-state index contributed by atoms with van der Waals surface area (Å²) in [4.78, 5) is 0.174. The summed E-state index contributed by atoms with van der Waals surface area (Å²) in [5.74, 6) is 0. The predicted molar refractivity (Wildman–Crippen MR) is 87.7 cm³/mol. The molecule has 1 rings (SSSR count). The average molecular weight is 348 g/mol. The van der Waals surface area contributed by atoms with Crippen molar-refractivity contribution in [3.8, 4) is 0 Å². The molecule has 8 heteroatoms. The van der Waals surface area contributed by atoms with Gasteiger partial charge < -0.3 is 0 Å². The monoisotopic (exact) mass is 348 g/mol. The van der Waals surface area contributed by atoms with E-state index in [1.807, 2.05) is 13.8 Å². The molecule has 1 unspecified atom stereocenters. The van der Waals surface area contributed by atoms with Crippen LogP contribution in [-0.2, 0) is 20.0 Å². The van der Waals surface area contributed by atoms with Crippen molar-refractivity contribution in [1.29, 1.82) is 0 Å². The molecule has 0 saturated carbocycles. The van der Waals surface area contributed by atoms with Crippen LogP contribution >= 0.6 is 0 Å². The standard InChI is InChI=1S/C14H24N2O4S2/c1-5-13(3)16(21(4,17)18)11-10-15-22(19,20)14-8-6-12(2)7-9-14/h6-9,13,15H,5,10-11H2,1-4H3. The maximum atomic E-state index is 12.1. The van der Waals surface area contributed by atoms with Crippen LogP contribution in [0.25, 0.3) is 0 Å². The van der Waals surface area contributed by atoms with E-state index in [4.69, 9.17) is 0 Å². The number of hydrogen-bond donors (Lipinski definition) is 1. The normalized spacial score (nSPS) is 14.2. The minimum atomic E-state index is -3.62. The number of nitrogens with one attached hydrogen (secondary N) is 1. The summed E-state index contributed by atoms with van der Waals surface area (Å²) in [6, 6.07) is 6.33. The van der Waals surface area contributed by atoms with Gasteiger partial charge in [-0.15, -0.1) is 0 Å². The minimum absolute atomic E-state index is 0.0353. The van der Waals surface area contributed by atoms with Crippen molar-refractivity contribution in [1.82, 2.24) is 9.03 Å². The van der Waals surface area contributed by atoms with Crippen LogP contribution < -0.4 is 4.72 Å². The SMILES string of the molecule is CCC(C)N(CCNS(=O)(=O)c1ccc(C)cc1)S(C)(=O)=O. The van der Waals surface area contributed by atoms with E-state index < -0.39 is 20.0 Å². The van der Waals surface area contributed by atoms with Gasteiger partial charge in [-0.25, -0.2) is 21.6 Å². The summed E-state index contributed by atoms with van der Waals surface area (Å²) in [5.41, 5.74) is 0.971. The van der Waals surface area contributed by atoms with Crippen molar-refractivity contribution >= 4 is 20.0 Å². The first kappa shape index (κ1) is 19.1. The molecular formula is C14H24N2O4S2. The fourth-order valence-electron chi connectivity index (χ4n) is 2.01. The maximum absolute atomic E-state index is 12.1. The van der Waals surface area contributed by atoms with E-state index in [2.05, 4.69) is 4.72 Å². The number of rotatable bonds is 8. The number of nitrogens with zero attached hydrogens (tertiary/aromatic N) is 1. The zero-order chi connectivity index (χ0) is 17.0. The van der Waals surface area contributed by atoms with Gasteiger partial charge in [-0.2, -0.15) is 4.31 Å². The highest BCUT2D eigenvalue weighted by Crippen LogP contribution is 2.11. The molecule has 0 bridgehead atoms. The molecule has 6 nitrogen and oxygen atoms in total. The predicted octanol–water partition coefficient (Wildman–Crippen LogP) is 1.33. The topological polar surface area (TPSA) is 83.6 Å². The Bertz CT molecular complexity index is 682. The second kappa shape index (κ2) is 7.54. The molecule has 0 aliphatic rings. The molecule has 1 aromatic rings. The molecular weight excluding hydrogens is 324 g/mol. The van der Waals surface area contributed by atoms with Crippen molar-refractivity contribution < 1.29 is 16.8 Å². The first-order chi connectivity index (χ1) is 10.1. The number of sulfonamides is 2. The Morgan fingerprint density at radius 1 is 1.14 bits per heavy atom. The van der Waals surface area contributed by atoms with Gasteiger partial charge in [0, 0.05) is 19.1 Å². The zero-order valence-corrected chi connectivity index (χ0v) is 15.0. The fraction of sp³-hybridized carbons (Fsp3) is 0.571. The smallest absolute Gasteiger partial charge is 0.212 e. The molecule has 0 amide bonds. The van der Waals surface area contributed by atoms with Gasteiger partial charge in [0.15, 0.2) is 0 Å². The molecule has 22 heavy (non-hydrogen) atoms. The molecule has 0 heterocycles. The molecule has 1 aromatic carbocycles. The van der Waals surface area contributed by atoms with Crippen LogP contribution in [-0.4, -0.2) is 46.5 Å². The third-order valence-electron chi connectivity index (χ3n) is 3.46. The van der Waals surface area contributed by atoms with Crippen LogP contribution in [0.5, 0.6) is 0 Å². The van der Waals surface area contributed by atoms with Crippen molar-refractivity contribution in [2.24, 2.45) is 0 Å². The highest BCUT2D eigenvalue weighted by Gasteiger charge is 2.22. The van der Waals surface area contributed by atoms with E-state index in [0.717, 1.165) is 11.8 Å². The molecule has 0 aliphatic heterocycles. The highest BCUT2D eigenvalue weighted by atomic mass is 32.2. The summed E-state index contributed by atoms with van der Waals surface area (Å²) in [6.07, 6.45) is 1.80. The third kappa shape index (κ3) is 5.35. The molecule has 0 fully saturated rings. The average Bonchev–Trinajstić information content (AvgIpc) is 2.42. The third-order valence-corrected chi connectivity index (χ3v) is 6.34. The number of hydrogen-bond acceptors (Lipinski definition) is 4. The molecule has 0 saturated heterocycles. The second-order valence-electron chi connectivity index (χ2n) is 5.34. The molecule has 0 spiro atoms. The Morgan fingerprint density at radius 3 is 2.14 bits per heavy atom. The second-order valence-corrected chi connectivity index (χ2v) is 9.04. The first-order valence-corrected chi connectivity index (χ1v) is 10.4. The maximum Gasteiger partial charge on any atom is 0.240 e. The van der Waals surface area contributed by atoms with Crippen LogP contribution in [0.3, 0.4) is 0 Å². The van der Waals surface area contributed by atoms with Crippen LogP contribution in [0.4, 0.5) is 0 Å². The van der Waals surface area contributed by atoms with Gasteiger partial charge in [0.1, 0.15) is 0 Å². The molecule has 126 valence electrons. The summed E-state index contributed by atoms with van der Waals surface area (Å²) < 4.78 is 51.5. The summed E-state index contributed by atoms with van der Waals surface area (Å²) in [7, 11) is -6.99. The number of aryl methyl sites for hydroxylation is 1. The van der Waals surface area contributed by atoms with Crippen LogP contribution in [0.15, 0.2) is 29.2 Å². The van der Waals surface area contributed by atoms with Crippen molar-refractivity contribution in [3.63, 3.8) is 0 Å². The van der Waals surface area contributed by atoms with E-state index in [-0.39, 0.29) is 24.0 Å². The van der Waals surface area contributed by atoms with Gasteiger partial charge in [-0.3, -0.25) is 0 Å². The Morgan fingerprint density at radius 2 is 1.68 bits per heavy atom. The zero-order valence-electron chi connectivity index (χ0n) is 13.4. The molecule has 0 aliphatic carbocycles. The van der Waals surface area contributed by atoms with Gasteiger partial charge in [0.05, 0.1) is 11.2 Å². The van der Waals surface area contributed by atoms with Gasteiger partial charge >= 0.3 is 0 Å². The van der Waals surface area contributed by atoms with Crippen molar-refractivity contribution in [3.05, 3.63) is 29.8 Å².